The minimum absolute atomic E-state index is 0.334. The summed E-state index contributed by atoms with van der Waals surface area (Å²) in [5, 5.41) is 0. The normalized spacial score (nSPS) is 10.3. The van der Waals surface area contributed by atoms with Gasteiger partial charge in [-0.1, -0.05) is 6.58 Å². The average Bonchev–Trinajstić information content (AvgIpc) is 2.51. The largest absolute Gasteiger partial charge is 0.462 e. The summed E-state index contributed by atoms with van der Waals surface area (Å²) in [7, 11) is 0. The van der Waals surface area contributed by atoms with Crippen molar-refractivity contribution in [3.8, 4) is 11.4 Å². The van der Waals surface area contributed by atoms with Crippen LogP contribution in [-0.2, 0) is 16.0 Å². The molecule has 2 aromatic rings. The number of rotatable bonds is 6. The van der Waals surface area contributed by atoms with Crippen LogP contribution < -0.4 is 0 Å². The van der Waals surface area contributed by atoms with E-state index in [2.05, 4.69) is 16.5 Å². The molecule has 4 nitrogen and oxygen atoms in total. The standard InChI is InChI=1S/C18H20N2O2/c1-13(2)18(21)22-10-4-5-15-7-9-20-17(12-15)16-11-14(3)6-8-19-16/h6-9,11-12H,1,4-5,10H2,2-3H3. The molecular weight excluding hydrogens is 276 g/mol. The van der Waals surface area contributed by atoms with E-state index in [0.29, 0.717) is 12.2 Å². The third-order valence-corrected chi connectivity index (χ3v) is 3.19. The molecule has 0 aliphatic heterocycles. The van der Waals surface area contributed by atoms with Gasteiger partial charge in [0.1, 0.15) is 0 Å². The maximum Gasteiger partial charge on any atom is 0.333 e. The second-order valence-electron chi connectivity index (χ2n) is 5.29. The van der Waals surface area contributed by atoms with Crippen molar-refractivity contribution >= 4 is 5.97 Å². The number of nitrogens with zero attached hydrogens (tertiary/aromatic N) is 2. The smallest absolute Gasteiger partial charge is 0.333 e. The van der Waals surface area contributed by atoms with E-state index in [-0.39, 0.29) is 5.97 Å². The Morgan fingerprint density at radius 2 is 1.86 bits per heavy atom. The minimum Gasteiger partial charge on any atom is -0.462 e. The Labute approximate surface area is 130 Å². The van der Waals surface area contributed by atoms with Crippen LogP contribution >= 0.6 is 0 Å². The lowest BCUT2D eigenvalue weighted by molar-refractivity contribution is -0.139. The van der Waals surface area contributed by atoms with Crippen molar-refractivity contribution in [2.45, 2.75) is 26.7 Å². The topological polar surface area (TPSA) is 52.1 Å². The minimum atomic E-state index is -0.334. The van der Waals surface area contributed by atoms with E-state index >= 15 is 0 Å². The molecule has 22 heavy (non-hydrogen) atoms. The number of ether oxygens (including phenoxy) is 1. The molecule has 0 amide bonds. The lowest BCUT2D eigenvalue weighted by atomic mass is 10.1. The molecule has 0 aromatic carbocycles. The van der Waals surface area contributed by atoms with E-state index in [9.17, 15) is 4.79 Å². The number of esters is 1. The molecule has 0 bridgehead atoms. The number of hydrogen-bond donors (Lipinski definition) is 0. The third kappa shape index (κ3) is 4.52. The molecular formula is C18H20N2O2. The Bertz CT molecular complexity index is 680. The molecule has 0 spiro atoms. The van der Waals surface area contributed by atoms with Crippen molar-refractivity contribution in [1.29, 1.82) is 0 Å². The molecule has 0 atom stereocenters. The van der Waals surface area contributed by atoms with Crippen molar-refractivity contribution in [3.63, 3.8) is 0 Å². The molecule has 114 valence electrons. The summed E-state index contributed by atoms with van der Waals surface area (Å²) in [5.41, 5.74) is 4.47. The zero-order valence-electron chi connectivity index (χ0n) is 13.0. The zero-order valence-corrected chi connectivity index (χ0v) is 13.0. The number of carbonyl (C=O) groups is 1. The highest BCUT2D eigenvalue weighted by atomic mass is 16.5. The van der Waals surface area contributed by atoms with Gasteiger partial charge in [-0.2, -0.15) is 0 Å². The van der Waals surface area contributed by atoms with Gasteiger partial charge in [-0.15, -0.1) is 0 Å². The summed E-state index contributed by atoms with van der Waals surface area (Å²) in [6.07, 6.45) is 5.17. The molecule has 2 rings (SSSR count). The summed E-state index contributed by atoms with van der Waals surface area (Å²) in [6.45, 7) is 7.63. The van der Waals surface area contributed by atoms with Gasteiger partial charge in [-0.05, 0) is 62.1 Å². The SMILES string of the molecule is C=C(C)C(=O)OCCCc1ccnc(-c2cc(C)ccn2)c1. The van der Waals surface area contributed by atoms with Crippen molar-refractivity contribution in [2.24, 2.45) is 0 Å². The highest BCUT2D eigenvalue weighted by Crippen LogP contribution is 2.17. The van der Waals surface area contributed by atoms with Crippen molar-refractivity contribution in [1.82, 2.24) is 9.97 Å². The zero-order chi connectivity index (χ0) is 15.9. The van der Waals surface area contributed by atoms with Crippen molar-refractivity contribution in [3.05, 3.63) is 59.9 Å². The molecule has 0 fully saturated rings. The van der Waals surface area contributed by atoms with Crippen LogP contribution in [0.15, 0.2) is 48.8 Å². The maximum absolute atomic E-state index is 11.3. The van der Waals surface area contributed by atoms with Crippen LogP contribution in [0.3, 0.4) is 0 Å². The van der Waals surface area contributed by atoms with Gasteiger partial charge in [0.2, 0.25) is 0 Å². The van der Waals surface area contributed by atoms with E-state index in [4.69, 9.17) is 4.74 Å². The van der Waals surface area contributed by atoms with Crippen LogP contribution in [0.25, 0.3) is 11.4 Å². The molecule has 0 saturated heterocycles. The fourth-order valence-corrected chi connectivity index (χ4v) is 2.01. The first-order chi connectivity index (χ1) is 10.6. The van der Waals surface area contributed by atoms with E-state index in [1.54, 1.807) is 19.3 Å². The first-order valence-electron chi connectivity index (χ1n) is 7.27. The van der Waals surface area contributed by atoms with Crippen LogP contribution in [0.4, 0.5) is 0 Å². The Hall–Kier alpha value is -2.49. The highest BCUT2D eigenvalue weighted by molar-refractivity contribution is 5.86. The second kappa shape index (κ2) is 7.50. The van der Waals surface area contributed by atoms with Gasteiger partial charge in [0.05, 0.1) is 18.0 Å². The van der Waals surface area contributed by atoms with Crippen molar-refractivity contribution in [2.75, 3.05) is 6.61 Å². The van der Waals surface area contributed by atoms with Gasteiger partial charge >= 0.3 is 5.97 Å². The number of aryl methyl sites for hydroxylation is 2. The van der Waals surface area contributed by atoms with E-state index in [1.165, 1.54) is 0 Å². The lowest BCUT2D eigenvalue weighted by Gasteiger charge is -2.06. The lowest BCUT2D eigenvalue weighted by Crippen LogP contribution is -2.06. The Kier molecular flexibility index (Phi) is 5.42. The third-order valence-electron chi connectivity index (χ3n) is 3.19. The van der Waals surface area contributed by atoms with E-state index in [1.807, 2.05) is 31.2 Å². The quantitative estimate of drug-likeness (QED) is 0.465. The molecule has 0 aliphatic rings. The van der Waals surface area contributed by atoms with Crippen LogP contribution in [0, 0.1) is 6.92 Å². The van der Waals surface area contributed by atoms with E-state index < -0.39 is 0 Å². The molecule has 2 aromatic heterocycles. The fourth-order valence-electron chi connectivity index (χ4n) is 2.01. The van der Waals surface area contributed by atoms with Crippen molar-refractivity contribution < 1.29 is 9.53 Å². The predicted octanol–water partition coefficient (Wildman–Crippen LogP) is 3.50. The first kappa shape index (κ1) is 15.9. The van der Waals surface area contributed by atoms with Gasteiger partial charge < -0.3 is 4.74 Å². The Morgan fingerprint density at radius 3 is 2.55 bits per heavy atom. The predicted molar refractivity (Wildman–Crippen MR) is 86.3 cm³/mol. The molecule has 0 radical (unpaired) electrons. The Morgan fingerprint density at radius 1 is 1.18 bits per heavy atom. The summed E-state index contributed by atoms with van der Waals surface area (Å²) >= 11 is 0. The molecule has 2 heterocycles. The fraction of sp³-hybridized carbons (Fsp3) is 0.278. The van der Waals surface area contributed by atoms with Crippen LogP contribution in [0.2, 0.25) is 0 Å². The van der Waals surface area contributed by atoms with Gasteiger partial charge in [0, 0.05) is 18.0 Å². The monoisotopic (exact) mass is 296 g/mol. The van der Waals surface area contributed by atoms with E-state index in [0.717, 1.165) is 35.4 Å². The summed E-state index contributed by atoms with van der Waals surface area (Å²) < 4.78 is 5.09. The maximum atomic E-state index is 11.3. The Balaban J connectivity index is 1.95. The molecule has 0 saturated carbocycles. The van der Waals surface area contributed by atoms with Gasteiger partial charge in [-0.3, -0.25) is 9.97 Å². The van der Waals surface area contributed by atoms with Gasteiger partial charge in [0.25, 0.3) is 0 Å². The summed E-state index contributed by atoms with van der Waals surface area (Å²) in [4.78, 5) is 20.0. The number of carbonyl (C=O) groups excluding carboxylic acids is 1. The second-order valence-corrected chi connectivity index (χ2v) is 5.29. The van der Waals surface area contributed by atoms with Crippen LogP contribution in [0.5, 0.6) is 0 Å². The van der Waals surface area contributed by atoms with Crippen LogP contribution in [-0.4, -0.2) is 22.5 Å². The molecule has 0 aliphatic carbocycles. The van der Waals surface area contributed by atoms with Gasteiger partial charge in [-0.25, -0.2) is 4.79 Å². The number of pyridine rings is 2. The number of aromatic nitrogens is 2. The first-order valence-corrected chi connectivity index (χ1v) is 7.27. The molecule has 0 N–H and O–H groups in total. The summed E-state index contributed by atoms with van der Waals surface area (Å²) in [6, 6.07) is 7.98. The number of hydrogen-bond acceptors (Lipinski definition) is 4. The highest BCUT2D eigenvalue weighted by Gasteiger charge is 2.05. The molecule has 0 unspecified atom stereocenters. The van der Waals surface area contributed by atoms with Crippen LogP contribution in [0.1, 0.15) is 24.5 Å². The van der Waals surface area contributed by atoms with Gasteiger partial charge in [0.15, 0.2) is 0 Å². The average molecular weight is 296 g/mol. The summed E-state index contributed by atoms with van der Waals surface area (Å²) in [5.74, 6) is -0.334. The molecule has 4 heteroatoms.